The minimum absolute atomic E-state index is 0.0731. The van der Waals surface area contributed by atoms with Crippen LogP contribution in [0.3, 0.4) is 0 Å². The van der Waals surface area contributed by atoms with E-state index in [1.165, 1.54) is 25.3 Å². The monoisotopic (exact) mass is 299 g/mol. The van der Waals surface area contributed by atoms with Crippen LogP contribution in [0.25, 0.3) is 0 Å². The molecular weight excluding hydrogens is 280 g/mol. The summed E-state index contributed by atoms with van der Waals surface area (Å²) in [6, 6.07) is 4.27. The zero-order chi connectivity index (χ0) is 15.4. The number of hydrogen-bond acceptors (Lipinski definition) is 3. The zero-order valence-electron chi connectivity index (χ0n) is 12.1. The van der Waals surface area contributed by atoms with Crippen LogP contribution in [0.1, 0.15) is 30.1 Å². The molecule has 21 heavy (non-hydrogen) atoms. The number of likely N-dealkylation sites (tertiary alicyclic amines) is 1. The summed E-state index contributed by atoms with van der Waals surface area (Å²) in [5.74, 6) is 0.428. The van der Waals surface area contributed by atoms with Crippen molar-refractivity contribution in [3.8, 4) is 11.5 Å². The van der Waals surface area contributed by atoms with E-state index in [9.17, 15) is 13.6 Å². The number of amides is 1. The minimum atomic E-state index is -2.93. The van der Waals surface area contributed by atoms with Crippen molar-refractivity contribution < 1.29 is 23.0 Å². The molecule has 1 saturated heterocycles. The van der Waals surface area contributed by atoms with Gasteiger partial charge in [0.25, 0.3) is 5.91 Å². The van der Waals surface area contributed by atoms with Gasteiger partial charge in [-0.05, 0) is 37.0 Å². The SMILES string of the molecule is COc1cc(C(=O)N2CCCC(C)C2)ccc1OC(F)F. The predicted molar refractivity (Wildman–Crippen MR) is 73.9 cm³/mol. The van der Waals surface area contributed by atoms with Gasteiger partial charge in [-0.25, -0.2) is 0 Å². The van der Waals surface area contributed by atoms with E-state index in [4.69, 9.17) is 4.74 Å². The number of nitrogens with zero attached hydrogens (tertiary/aromatic N) is 1. The summed E-state index contributed by atoms with van der Waals surface area (Å²) in [6.07, 6.45) is 2.10. The largest absolute Gasteiger partial charge is 0.493 e. The summed E-state index contributed by atoms with van der Waals surface area (Å²) >= 11 is 0. The number of carbonyl (C=O) groups is 1. The summed E-state index contributed by atoms with van der Waals surface area (Å²) in [4.78, 5) is 14.2. The van der Waals surface area contributed by atoms with Crippen LogP contribution in [0.2, 0.25) is 0 Å². The van der Waals surface area contributed by atoms with Gasteiger partial charge >= 0.3 is 6.61 Å². The van der Waals surface area contributed by atoms with Crippen molar-refractivity contribution in [2.75, 3.05) is 20.2 Å². The number of rotatable bonds is 4. The number of methoxy groups -OCH3 is 1. The highest BCUT2D eigenvalue weighted by atomic mass is 19.3. The molecule has 1 aromatic rings. The maximum absolute atomic E-state index is 12.4. The molecule has 1 aliphatic heterocycles. The fraction of sp³-hybridized carbons (Fsp3) is 0.533. The van der Waals surface area contributed by atoms with Crippen molar-refractivity contribution in [2.24, 2.45) is 5.92 Å². The van der Waals surface area contributed by atoms with E-state index in [2.05, 4.69) is 11.7 Å². The Morgan fingerprint density at radius 1 is 1.38 bits per heavy atom. The van der Waals surface area contributed by atoms with E-state index in [0.717, 1.165) is 25.9 Å². The average molecular weight is 299 g/mol. The van der Waals surface area contributed by atoms with Gasteiger partial charge in [0.05, 0.1) is 7.11 Å². The van der Waals surface area contributed by atoms with E-state index < -0.39 is 6.61 Å². The Kier molecular flexibility index (Phi) is 4.98. The molecule has 1 heterocycles. The highest BCUT2D eigenvalue weighted by Gasteiger charge is 2.23. The molecule has 6 heteroatoms. The van der Waals surface area contributed by atoms with E-state index in [1.807, 2.05) is 0 Å². The third-order valence-electron chi connectivity index (χ3n) is 3.57. The lowest BCUT2D eigenvalue weighted by Gasteiger charge is -2.31. The molecule has 2 rings (SSSR count). The molecule has 0 bridgehead atoms. The Hall–Kier alpha value is -1.85. The molecule has 1 aromatic carbocycles. The van der Waals surface area contributed by atoms with Crippen molar-refractivity contribution in [3.05, 3.63) is 23.8 Å². The lowest BCUT2D eigenvalue weighted by atomic mass is 9.99. The molecule has 4 nitrogen and oxygen atoms in total. The van der Waals surface area contributed by atoms with Crippen LogP contribution in [0.5, 0.6) is 11.5 Å². The molecule has 1 aliphatic rings. The summed E-state index contributed by atoms with van der Waals surface area (Å²) < 4.78 is 33.9. The van der Waals surface area contributed by atoms with Crippen molar-refractivity contribution in [3.63, 3.8) is 0 Å². The zero-order valence-corrected chi connectivity index (χ0v) is 12.1. The van der Waals surface area contributed by atoms with Gasteiger partial charge in [-0.3, -0.25) is 4.79 Å². The summed E-state index contributed by atoms with van der Waals surface area (Å²) in [5, 5.41) is 0. The van der Waals surface area contributed by atoms with Crippen LogP contribution < -0.4 is 9.47 Å². The van der Waals surface area contributed by atoms with Crippen LogP contribution in [0, 0.1) is 5.92 Å². The van der Waals surface area contributed by atoms with Crippen LogP contribution in [0.15, 0.2) is 18.2 Å². The molecule has 0 N–H and O–H groups in total. The Balaban J connectivity index is 2.17. The highest BCUT2D eigenvalue weighted by Crippen LogP contribution is 2.30. The molecule has 0 spiro atoms. The molecule has 0 aliphatic carbocycles. The lowest BCUT2D eigenvalue weighted by Crippen LogP contribution is -2.39. The van der Waals surface area contributed by atoms with Crippen molar-refractivity contribution in [1.29, 1.82) is 0 Å². The Morgan fingerprint density at radius 2 is 2.14 bits per heavy atom. The maximum Gasteiger partial charge on any atom is 0.387 e. The van der Waals surface area contributed by atoms with E-state index in [-0.39, 0.29) is 17.4 Å². The normalized spacial score (nSPS) is 18.7. The second-order valence-electron chi connectivity index (χ2n) is 5.24. The van der Waals surface area contributed by atoms with E-state index in [1.54, 1.807) is 4.90 Å². The maximum atomic E-state index is 12.4. The number of piperidine rings is 1. The van der Waals surface area contributed by atoms with Gasteiger partial charge in [-0.2, -0.15) is 8.78 Å². The number of carbonyl (C=O) groups excluding carboxylic acids is 1. The van der Waals surface area contributed by atoms with Gasteiger partial charge in [0.1, 0.15) is 0 Å². The summed E-state index contributed by atoms with van der Waals surface area (Å²) in [5.41, 5.74) is 0.419. The molecule has 116 valence electrons. The quantitative estimate of drug-likeness (QED) is 0.857. The van der Waals surface area contributed by atoms with E-state index >= 15 is 0 Å². The molecule has 1 amide bonds. The second kappa shape index (κ2) is 6.74. The van der Waals surface area contributed by atoms with E-state index in [0.29, 0.717) is 11.5 Å². The van der Waals surface area contributed by atoms with Gasteiger partial charge in [-0.1, -0.05) is 6.92 Å². The van der Waals surface area contributed by atoms with Gasteiger partial charge in [-0.15, -0.1) is 0 Å². The standard InChI is InChI=1S/C15H19F2NO3/c1-10-4-3-7-18(9-10)14(19)11-5-6-12(21-15(16)17)13(8-11)20-2/h5-6,8,10,15H,3-4,7,9H2,1-2H3. The number of ether oxygens (including phenoxy) is 2. The molecular formula is C15H19F2NO3. The predicted octanol–water partition coefficient (Wildman–Crippen LogP) is 3.17. The van der Waals surface area contributed by atoms with Crippen molar-refractivity contribution in [1.82, 2.24) is 4.90 Å². The second-order valence-corrected chi connectivity index (χ2v) is 5.24. The van der Waals surface area contributed by atoms with Gasteiger partial charge < -0.3 is 14.4 Å². The number of alkyl halides is 2. The summed E-state index contributed by atoms with van der Waals surface area (Å²) in [6.45, 7) is 0.625. The first-order chi connectivity index (χ1) is 10.0. The van der Waals surface area contributed by atoms with Crippen LogP contribution in [-0.2, 0) is 0 Å². The minimum Gasteiger partial charge on any atom is -0.493 e. The fourth-order valence-electron chi connectivity index (χ4n) is 2.55. The first-order valence-electron chi connectivity index (χ1n) is 6.93. The van der Waals surface area contributed by atoms with Gasteiger partial charge in [0.15, 0.2) is 11.5 Å². The molecule has 1 unspecified atom stereocenters. The highest BCUT2D eigenvalue weighted by molar-refractivity contribution is 5.95. The molecule has 0 saturated carbocycles. The summed E-state index contributed by atoms with van der Waals surface area (Å²) in [7, 11) is 1.35. The van der Waals surface area contributed by atoms with Crippen LogP contribution in [0.4, 0.5) is 8.78 Å². The van der Waals surface area contributed by atoms with Crippen molar-refractivity contribution in [2.45, 2.75) is 26.4 Å². The number of hydrogen-bond donors (Lipinski definition) is 0. The fourth-order valence-corrected chi connectivity index (χ4v) is 2.55. The third kappa shape index (κ3) is 3.83. The van der Waals surface area contributed by atoms with Gasteiger partial charge in [0.2, 0.25) is 0 Å². The Bertz CT molecular complexity index is 508. The first kappa shape index (κ1) is 15.5. The van der Waals surface area contributed by atoms with Crippen LogP contribution in [-0.4, -0.2) is 37.6 Å². The first-order valence-corrected chi connectivity index (χ1v) is 6.93. The Morgan fingerprint density at radius 3 is 2.76 bits per heavy atom. The average Bonchev–Trinajstić information content (AvgIpc) is 2.46. The molecule has 1 fully saturated rings. The van der Waals surface area contributed by atoms with Gasteiger partial charge in [0, 0.05) is 18.7 Å². The number of benzene rings is 1. The van der Waals surface area contributed by atoms with Crippen molar-refractivity contribution >= 4 is 5.91 Å². The van der Waals surface area contributed by atoms with Crippen LogP contribution >= 0.6 is 0 Å². The smallest absolute Gasteiger partial charge is 0.387 e. The Labute approximate surface area is 122 Å². The molecule has 0 radical (unpaired) electrons. The number of halogens is 2. The molecule has 1 atom stereocenters. The lowest BCUT2D eigenvalue weighted by molar-refractivity contribution is -0.0512. The topological polar surface area (TPSA) is 38.8 Å². The molecule has 0 aromatic heterocycles. The third-order valence-corrected chi connectivity index (χ3v) is 3.57.